The highest BCUT2D eigenvalue weighted by molar-refractivity contribution is 6.01. The van der Waals surface area contributed by atoms with Crippen molar-refractivity contribution in [1.82, 2.24) is 15.5 Å². The van der Waals surface area contributed by atoms with Crippen molar-refractivity contribution in [2.75, 3.05) is 33.4 Å². The molecule has 23 heavy (non-hydrogen) atoms. The van der Waals surface area contributed by atoms with Crippen molar-refractivity contribution >= 4 is 11.9 Å². The first-order valence-electron chi connectivity index (χ1n) is 7.81. The Morgan fingerprint density at radius 2 is 2.30 bits per heavy atom. The number of fused-ring (bicyclic) bond motifs is 1. The smallest absolute Gasteiger partial charge is 0.324 e. The minimum absolute atomic E-state index is 0.0934. The Labute approximate surface area is 134 Å². The molecular weight excluding hydrogens is 298 g/mol. The van der Waals surface area contributed by atoms with Crippen LogP contribution < -0.4 is 20.1 Å². The maximum Gasteiger partial charge on any atom is 0.324 e. The summed E-state index contributed by atoms with van der Waals surface area (Å²) >= 11 is 0. The topological polar surface area (TPSA) is 79.9 Å². The summed E-state index contributed by atoms with van der Waals surface area (Å²) in [5, 5.41) is 5.95. The summed E-state index contributed by atoms with van der Waals surface area (Å²) in [5.41, 5.74) is 1.05. The van der Waals surface area contributed by atoms with Crippen molar-refractivity contribution in [3.05, 3.63) is 23.8 Å². The first-order valence-corrected chi connectivity index (χ1v) is 7.81. The molecule has 0 spiro atoms. The van der Waals surface area contributed by atoms with Gasteiger partial charge in [-0.3, -0.25) is 9.69 Å². The van der Waals surface area contributed by atoms with E-state index in [0.717, 1.165) is 29.9 Å². The minimum Gasteiger partial charge on any atom is -0.497 e. The van der Waals surface area contributed by atoms with Gasteiger partial charge in [0, 0.05) is 24.7 Å². The van der Waals surface area contributed by atoms with Gasteiger partial charge in [0.25, 0.3) is 0 Å². The number of nitrogens with zero attached hydrogens (tertiary/aromatic N) is 1. The van der Waals surface area contributed by atoms with Gasteiger partial charge in [0.15, 0.2) is 0 Å². The zero-order chi connectivity index (χ0) is 16.2. The van der Waals surface area contributed by atoms with Gasteiger partial charge < -0.3 is 20.1 Å². The molecule has 1 atom stereocenters. The third kappa shape index (κ3) is 3.39. The molecule has 2 heterocycles. The fraction of sp³-hybridized carbons (Fsp3) is 0.500. The number of imide groups is 1. The van der Waals surface area contributed by atoms with Crippen LogP contribution in [0.15, 0.2) is 18.2 Å². The molecule has 2 aliphatic rings. The van der Waals surface area contributed by atoms with Crippen molar-refractivity contribution in [3.8, 4) is 11.5 Å². The molecule has 3 rings (SSSR count). The lowest BCUT2D eigenvalue weighted by molar-refractivity contribution is -0.124. The van der Waals surface area contributed by atoms with Gasteiger partial charge >= 0.3 is 6.03 Å². The number of urea groups is 1. The Kier molecular flexibility index (Phi) is 4.66. The van der Waals surface area contributed by atoms with E-state index in [1.54, 1.807) is 7.11 Å². The number of carbonyl (C=O) groups excluding carboxylic acids is 2. The van der Waals surface area contributed by atoms with Crippen LogP contribution in [0.1, 0.15) is 24.4 Å². The van der Waals surface area contributed by atoms with Crippen molar-refractivity contribution in [2.45, 2.75) is 18.9 Å². The number of benzene rings is 1. The molecule has 0 radical (unpaired) electrons. The molecule has 2 N–H and O–H groups in total. The summed E-state index contributed by atoms with van der Waals surface area (Å²) in [4.78, 5) is 24.4. The van der Waals surface area contributed by atoms with Crippen LogP contribution in [-0.4, -0.2) is 50.2 Å². The maximum absolute atomic E-state index is 11.6. The van der Waals surface area contributed by atoms with E-state index in [2.05, 4.69) is 10.6 Å². The number of methoxy groups -OCH3 is 1. The highest BCUT2D eigenvalue weighted by Gasteiger charge is 2.28. The van der Waals surface area contributed by atoms with Crippen LogP contribution in [0, 0.1) is 0 Å². The second-order valence-electron chi connectivity index (χ2n) is 5.61. The van der Waals surface area contributed by atoms with E-state index in [4.69, 9.17) is 9.47 Å². The summed E-state index contributed by atoms with van der Waals surface area (Å²) in [6, 6.07) is 5.58. The summed E-state index contributed by atoms with van der Waals surface area (Å²) in [6.45, 7) is 1.68. The molecule has 0 bridgehead atoms. The molecule has 0 unspecified atom stereocenters. The van der Waals surface area contributed by atoms with E-state index >= 15 is 0 Å². The molecular formula is C16H21N3O4. The second-order valence-corrected chi connectivity index (χ2v) is 5.61. The number of nitrogens with one attached hydrogen (secondary N) is 2. The fourth-order valence-electron chi connectivity index (χ4n) is 2.93. The van der Waals surface area contributed by atoms with Crippen molar-refractivity contribution in [2.24, 2.45) is 0 Å². The van der Waals surface area contributed by atoms with E-state index in [1.807, 2.05) is 18.2 Å². The van der Waals surface area contributed by atoms with Crippen molar-refractivity contribution in [1.29, 1.82) is 0 Å². The van der Waals surface area contributed by atoms with Crippen LogP contribution in [0.4, 0.5) is 4.79 Å². The lowest BCUT2D eigenvalue weighted by Crippen LogP contribution is -2.38. The number of ether oxygens (including phenoxy) is 2. The van der Waals surface area contributed by atoms with Crippen LogP contribution in [-0.2, 0) is 4.79 Å². The van der Waals surface area contributed by atoms with Crippen LogP contribution >= 0.6 is 0 Å². The van der Waals surface area contributed by atoms with Gasteiger partial charge in [0.1, 0.15) is 11.5 Å². The van der Waals surface area contributed by atoms with Crippen LogP contribution in [0.5, 0.6) is 11.5 Å². The maximum atomic E-state index is 11.6. The average molecular weight is 319 g/mol. The molecule has 3 amide bonds. The minimum atomic E-state index is -0.317. The lowest BCUT2D eigenvalue weighted by atomic mass is 10.0. The average Bonchev–Trinajstić information content (AvgIpc) is 2.77. The van der Waals surface area contributed by atoms with Crippen LogP contribution in [0.3, 0.4) is 0 Å². The predicted octanol–water partition coefficient (Wildman–Crippen LogP) is 1.05. The van der Waals surface area contributed by atoms with E-state index < -0.39 is 0 Å². The summed E-state index contributed by atoms with van der Waals surface area (Å²) in [5.74, 6) is 1.47. The highest BCUT2D eigenvalue weighted by atomic mass is 16.5. The Hall–Kier alpha value is -2.28. The lowest BCUT2D eigenvalue weighted by Gasteiger charge is -2.20. The van der Waals surface area contributed by atoms with Crippen LogP contribution in [0.25, 0.3) is 0 Å². The molecule has 1 fully saturated rings. The molecule has 2 aliphatic heterocycles. The number of hydrogen-bond donors (Lipinski definition) is 2. The number of rotatable bonds is 5. The van der Waals surface area contributed by atoms with Gasteiger partial charge in [-0.1, -0.05) is 0 Å². The Balaban J connectivity index is 1.66. The van der Waals surface area contributed by atoms with E-state index in [9.17, 15) is 9.59 Å². The number of carbonyl (C=O) groups is 2. The van der Waals surface area contributed by atoms with Gasteiger partial charge in [-0.15, -0.1) is 0 Å². The number of amides is 3. The van der Waals surface area contributed by atoms with Gasteiger partial charge in [-0.05, 0) is 31.0 Å². The van der Waals surface area contributed by atoms with Crippen molar-refractivity contribution < 1.29 is 19.1 Å². The summed E-state index contributed by atoms with van der Waals surface area (Å²) in [6.07, 6.45) is 1.87. The zero-order valence-electron chi connectivity index (χ0n) is 13.1. The zero-order valence-corrected chi connectivity index (χ0v) is 13.1. The molecule has 1 saturated heterocycles. The monoisotopic (exact) mass is 319 g/mol. The molecule has 124 valence electrons. The second kappa shape index (κ2) is 6.87. The summed E-state index contributed by atoms with van der Waals surface area (Å²) < 4.78 is 11.1. The molecule has 7 nitrogen and oxygen atoms in total. The molecule has 0 saturated carbocycles. The molecule has 0 aliphatic carbocycles. The van der Waals surface area contributed by atoms with Gasteiger partial charge in [0.05, 0.1) is 20.3 Å². The third-order valence-electron chi connectivity index (χ3n) is 4.15. The predicted molar refractivity (Wildman–Crippen MR) is 83.6 cm³/mol. The van der Waals surface area contributed by atoms with E-state index in [1.165, 1.54) is 4.90 Å². The fourth-order valence-corrected chi connectivity index (χ4v) is 2.93. The van der Waals surface area contributed by atoms with E-state index in [-0.39, 0.29) is 24.5 Å². The van der Waals surface area contributed by atoms with Gasteiger partial charge in [-0.25, -0.2) is 4.79 Å². The van der Waals surface area contributed by atoms with Crippen LogP contribution in [0.2, 0.25) is 0 Å². The first kappa shape index (κ1) is 15.6. The standard InChI is InChI=1S/C16H21N3O4/c1-22-11-4-5-14-12(9-11)13(3-2-8-23-14)17-6-7-19-15(20)10-18-16(19)21/h4-5,9,13,17H,2-3,6-8,10H2,1H3,(H,18,21)/t13-/m1/s1. The SMILES string of the molecule is COc1ccc2c(c1)[C@H](NCCN1C(=O)CNC1=O)CCCO2. The van der Waals surface area contributed by atoms with Crippen molar-refractivity contribution in [3.63, 3.8) is 0 Å². The Bertz CT molecular complexity index is 589. The molecule has 1 aromatic rings. The third-order valence-corrected chi connectivity index (χ3v) is 4.15. The molecule has 1 aromatic carbocycles. The quantitative estimate of drug-likeness (QED) is 0.793. The number of hydrogen-bond acceptors (Lipinski definition) is 5. The van der Waals surface area contributed by atoms with Gasteiger partial charge in [-0.2, -0.15) is 0 Å². The first-order chi connectivity index (χ1) is 11.2. The van der Waals surface area contributed by atoms with Gasteiger partial charge in [0.2, 0.25) is 5.91 Å². The highest BCUT2D eigenvalue weighted by Crippen LogP contribution is 2.34. The molecule has 7 heteroatoms. The summed E-state index contributed by atoms with van der Waals surface area (Å²) in [7, 11) is 1.64. The molecule has 0 aromatic heterocycles. The largest absolute Gasteiger partial charge is 0.497 e. The normalized spacial score (nSPS) is 20.6. The Morgan fingerprint density at radius 1 is 1.43 bits per heavy atom. The van der Waals surface area contributed by atoms with E-state index in [0.29, 0.717) is 19.7 Å². The Morgan fingerprint density at radius 3 is 3.04 bits per heavy atom.